The van der Waals surface area contributed by atoms with Gasteiger partial charge in [0.15, 0.2) is 11.0 Å². The zero-order chi connectivity index (χ0) is 21.3. The molecule has 1 aromatic carbocycles. The molecule has 0 aliphatic rings. The Bertz CT molecular complexity index is 1330. The Balaban J connectivity index is 1.52. The summed E-state index contributed by atoms with van der Waals surface area (Å²) in [5, 5.41) is 3.04. The van der Waals surface area contributed by atoms with Crippen LogP contribution < -0.4 is 15.6 Å². The molecule has 1 atom stereocenters. The highest BCUT2D eigenvalue weighted by Crippen LogP contribution is 2.23. The van der Waals surface area contributed by atoms with E-state index in [9.17, 15) is 13.8 Å². The quantitative estimate of drug-likeness (QED) is 0.484. The number of thiophene rings is 1. The average molecular weight is 460 g/mol. The van der Waals surface area contributed by atoms with E-state index in [1.807, 2.05) is 6.07 Å². The molecule has 0 saturated carbocycles. The van der Waals surface area contributed by atoms with Gasteiger partial charge in [-0.1, -0.05) is 23.7 Å². The first-order valence-corrected chi connectivity index (χ1v) is 11.0. The molecule has 0 radical (unpaired) electrons. The van der Waals surface area contributed by atoms with Crippen molar-refractivity contribution in [3.63, 3.8) is 0 Å². The second-order valence-corrected chi connectivity index (χ2v) is 9.26. The van der Waals surface area contributed by atoms with E-state index in [0.717, 1.165) is 11.3 Å². The summed E-state index contributed by atoms with van der Waals surface area (Å²) in [6, 6.07) is 12.8. The van der Waals surface area contributed by atoms with Crippen molar-refractivity contribution in [2.75, 3.05) is 5.32 Å². The maximum atomic E-state index is 12.8. The van der Waals surface area contributed by atoms with E-state index in [2.05, 4.69) is 20.0 Å². The van der Waals surface area contributed by atoms with Crippen molar-refractivity contribution < 1.29 is 9.00 Å². The molecule has 152 valence electrons. The van der Waals surface area contributed by atoms with Gasteiger partial charge in [0.2, 0.25) is 0 Å². The fourth-order valence-electron chi connectivity index (χ4n) is 2.79. The maximum Gasteiger partial charge on any atom is 0.331 e. The lowest BCUT2D eigenvalue weighted by molar-refractivity contribution is 0.257. The normalized spacial score (nSPS) is 11.9. The summed E-state index contributed by atoms with van der Waals surface area (Å²) in [7, 11) is -1.72. The van der Waals surface area contributed by atoms with Crippen LogP contribution in [0.4, 0.5) is 10.5 Å². The number of nitrogens with zero attached hydrogens (tertiary/aromatic N) is 3. The number of fused-ring (bicyclic) bond motifs is 1. The molecule has 0 saturated heterocycles. The fraction of sp³-hybridized carbons (Fsp3) is 0.0526. The minimum Gasteiger partial charge on any atom is -0.306 e. The highest BCUT2D eigenvalue weighted by molar-refractivity contribution is 7.86. The third kappa shape index (κ3) is 4.11. The zero-order valence-corrected chi connectivity index (χ0v) is 17.8. The SMILES string of the molecule is Cc1nc2ccccc2c(=O)n1-c1ccc(NC(=O)NS(=O)c2ccc(Cl)s2)cn1. The molecular weight excluding hydrogens is 446 g/mol. The van der Waals surface area contributed by atoms with E-state index in [4.69, 9.17) is 11.6 Å². The molecule has 0 aliphatic carbocycles. The Morgan fingerprint density at radius 2 is 1.97 bits per heavy atom. The number of aromatic nitrogens is 3. The van der Waals surface area contributed by atoms with Crippen molar-refractivity contribution in [1.29, 1.82) is 0 Å². The minimum absolute atomic E-state index is 0.228. The van der Waals surface area contributed by atoms with Crippen LogP contribution in [0.15, 0.2) is 63.7 Å². The molecule has 8 nitrogen and oxygen atoms in total. The number of amides is 2. The first-order valence-electron chi connectivity index (χ1n) is 8.62. The number of anilines is 1. The summed E-state index contributed by atoms with van der Waals surface area (Å²) < 4.78 is 16.8. The van der Waals surface area contributed by atoms with Crippen LogP contribution in [0.1, 0.15) is 5.82 Å². The molecule has 1 unspecified atom stereocenters. The van der Waals surface area contributed by atoms with Crippen LogP contribution in [0.5, 0.6) is 0 Å². The van der Waals surface area contributed by atoms with Crippen LogP contribution in [-0.2, 0) is 11.0 Å². The third-order valence-electron chi connectivity index (χ3n) is 4.09. The molecule has 0 fully saturated rings. The summed E-state index contributed by atoms with van der Waals surface area (Å²) >= 11 is 6.93. The topological polar surface area (TPSA) is 106 Å². The molecule has 0 spiro atoms. The Morgan fingerprint density at radius 3 is 2.67 bits per heavy atom. The minimum atomic E-state index is -1.72. The predicted molar refractivity (Wildman–Crippen MR) is 118 cm³/mol. The molecule has 30 heavy (non-hydrogen) atoms. The largest absolute Gasteiger partial charge is 0.331 e. The van der Waals surface area contributed by atoms with Gasteiger partial charge in [-0.3, -0.25) is 9.52 Å². The van der Waals surface area contributed by atoms with Gasteiger partial charge in [-0.05, 0) is 43.3 Å². The van der Waals surface area contributed by atoms with Crippen molar-refractivity contribution in [2.24, 2.45) is 0 Å². The summed E-state index contributed by atoms with van der Waals surface area (Å²) in [6.07, 6.45) is 1.40. The first-order chi connectivity index (χ1) is 14.4. The predicted octanol–water partition coefficient (Wildman–Crippen LogP) is 3.65. The van der Waals surface area contributed by atoms with Gasteiger partial charge in [0.25, 0.3) is 5.56 Å². The number of carbonyl (C=O) groups is 1. The number of hydrogen-bond donors (Lipinski definition) is 2. The first kappa shape index (κ1) is 20.2. The molecule has 2 N–H and O–H groups in total. The maximum absolute atomic E-state index is 12.8. The van der Waals surface area contributed by atoms with Gasteiger partial charge in [-0.2, -0.15) is 0 Å². The fourth-order valence-corrected chi connectivity index (χ4v) is 4.92. The van der Waals surface area contributed by atoms with E-state index in [-0.39, 0.29) is 5.56 Å². The highest BCUT2D eigenvalue weighted by atomic mass is 35.5. The van der Waals surface area contributed by atoms with Crippen LogP contribution in [0.25, 0.3) is 16.7 Å². The number of para-hydroxylation sites is 1. The number of aryl methyl sites for hydroxylation is 1. The van der Waals surface area contributed by atoms with E-state index in [1.165, 1.54) is 10.8 Å². The molecule has 11 heteroatoms. The molecule has 3 aromatic heterocycles. The van der Waals surface area contributed by atoms with Gasteiger partial charge < -0.3 is 5.32 Å². The van der Waals surface area contributed by atoms with Crippen molar-refractivity contribution in [3.05, 3.63) is 75.2 Å². The molecule has 2 amide bonds. The third-order valence-corrected chi connectivity index (χ3v) is 6.70. The smallest absolute Gasteiger partial charge is 0.306 e. The molecule has 4 aromatic rings. The van der Waals surface area contributed by atoms with Crippen LogP contribution in [0.3, 0.4) is 0 Å². The second kappa shape index (κ2) is 8.34. The van der Waals surface area contributed by atoms with Crippen molar-refractivity contribution in [2.45, 2.75) is 11.1 Å². The van der Waals surface area contributed by atoms with Gasteiger partial charge in [-0.25, -0.2) is 23.5 Å². The van der Waals surface area contributed by atoms with E-state index in [1.54, 1.807) is 49.4 Å². The Hall–Kier alpha value is -3.08. The highest BCUT2D eigenvalue weighted by Gasteiger charge is 2.13. The lowest BCUT2D eigenvalue weighted by Crippen LogP contribution is -2.30. The Morgan fingerprint density at radius 1 is 1.17 bits per heavy atom. The standard InChI is InChI=1S/C19H14ClN5O3S2/c1-11-22-14-5-3-2-4-13(14)18(26)25(11)16-8-6-12(10-21-16)23-19(27)24-30(28)17-9-7-15(20)29-17/h2-10H,1H3,(H2,23,24,27). The summed E-state index contributed by atoms with van der Waals surface area (Å²) in [5.74, 6) is 0.869. The van der Waals surface area contributed by atoms with Crippen molar-refractivity contribution >= 4 is 56.5 Å². The number of carbonyl (C=O) groups excluding carboxylic acids is 1. The second-order valence-electron chi connectivity index (χ2n) is 6.11. The van der Waals surface area contributed by atoms with Gasteiger partial charge in [-0.15, -0.1) is 11.3 Å². The number of benzene rings is 1. The van der Waals surface area contributed by atoms with Crippen LogP contribution in [-0.4, -0.2) is 24.8 Å². The van der Waals surface area contributed by atoms with Gasteiger partial charge in [0.1, 0.15) is 15.9 Å². The van der Waals surface area contributed by atoms with Crippen molar-refractivity contribution in [3.8, 4) is 5.82 Å². The number of rotatable bonds is 4. The zero-order valence-electron chi connectivity index (χ0n) is 15.5. The van der Waals surface area contributed by atoms with Crippen LogP contribution >= 0.6 is 22.9 Å². The van der Waals surface area contributed by atoms with Gasteiger partial charge >= 0.3 is 6.03 Å². The summed E-state index contributed by atoms with van der Waals surface area (Å²) in [6.45, 7) is 1.72. The lowest BCUT2D eigenvalue weighted by Gasteiger charge is -2.11. The summed E-state index contributed by atoms with van der Waals surface area (Å²) in [4.78, 5) is 33.6. The molecule has 3 heterocycles. The van der Waals surface area contributed by atoms with E-state index < -0.39 is 17.0 Å². The number of urea groups is 1. The lowest BCUT2D eigenvalue weighted by atomic mass is 10.2. The van der Waals surface area contributed by atoms with Crippen molar-refractivity contribution in [1.82, 2.24) is 19.3 Å². The molecule has 4 rings (SSSR count). The summed E-state index contributed by atoms with van der Waals surface area (Å²) in [5.41, 5.74) is 0.761. The number of pyridine rings is 1. The molecule has 0 aliphatic heterocycles. The molecular formula is C19H14ClN5O3S2. The van der Waals surface area contributed by atoms with E-state index >= 15 is 0 Å². The average Bonchev–Trinajstić information content (AvgIpc) is 3.16. The molecule has 0 bridgehead atoms. The Kier molecular flexibility index (Phi) is 5.62. The van der Waals surface area contributed by atoms with Gasteiger partial charge in [0, 0.05) is 0 Å². The number of hydrogen-bond acceptors (Lipinski definition) is 6. The van der Waals surface area contributed by atoms with Crippen LogP contribution in [0, 0.1) is 6.92 Å². The van der Waals surface area contributed by atoms with Crippen LogP contribution in [0.2, 0.25) is 4.34 Å². The monoisotopic (exact) mass is 459 g/mol. The van der Waals surface area contributed by atoms with Gasteiger partial charge in [0.05, 0.1) is 27.1 Å². The van der Waals surface area contributed by atoms with E-state index in [0.29, 0.717) is 36.8 Å². The number of nitrogens with one attached hydrogen (secondary N) is 2. The Labute approximate surface area is 182 Å². The number of halogens is 1.